The fourth-order valence-corrected chi connectivity index (χ4v) is 1.66. The van der Waals surface area contributed by atoms with Gasteiger partial charge in [0.25, 0.3) is 0 Å². The van der Waals surface area contributed by atoms with E-state index in [4.69, 9.17) is 10.5 Å². The number of hydrogen-bond acceptors (Lipinski definition) is 2. The van der Waals surface area contributed by atoms with Gasteiger partial charge in [0.1, 0.15) is 0 Å². The SMILES string of the molecule is C=CCOC(CC(C)(C)C)CC(C)(C)N. The molecule has 2 heteroatoms. The van der Waals surface area contributed by atoms with Crippen molar-refractivity contribution < 1.29 is 4.74 Å². The van der Waals surface area contributed by atoms with Crippen molar-refractivity contribution in [3.63, 3.8) is 0 Å². The molecule has 0 saturated heterocycles. The zero-order valence-electron chi connectivity index (χ0n) is 11.0. The molecule has 0 aliphatic carbocycles. The van der Waals surface area contributed by atoms with E-state index in [1.54, 1.807) is 6.08 Å². The van der Waals surface area contributed by atoms with Gasteiger partial charge in [0.05, 0.1) is 12.7 Å². The molecular formula is C13H27NO. The largest absolute Gasteiger partial charge is 0.374 e. The third-order valence-electron chi connectivity index (χ3n) is 2.04. The molecule has 0 aliphatic rings. The highest BCUT2D eigenvalue weighted by atomic mass is 16.5. The Kier molecular flexibility index (Phi) is 5.54. The van der Waals surface area contributed by atoms with Crippen molar-refractivity contribution in [3.8, 4) is 0 Å². The highest BCUT2D eigenvalue weighted by Gasteiger charge is 2.24. The molecule has 2 N–H and O–H groups in total. The van der Waals surface area contributed by atoms with E-state index in [9.17, 15) is 0 Å². The number of nitrogens with two attached hydrogens (primary N) is 1. The molecule has 15 heavy (non-hydrogen) atoms. The van der Waals surface area contributed by atoms with Gasteiger partial charge in [-0.3, -0.25) is 0 Å². The average molecular weight is 213 g/mol. The minimum atomic E-state index is -0.170. The van der Waals surface area contributed by atoms with Gasteiger partial charge in [0.2, 0.25) is 0 Å². The van der Waals surface area contributed by atoms with Gasteiger partial charge in [-0.25, -0.2) is 0 Å². The first-order valence-corrected chi connectivity index (χ1v) is 5.65. The molecule has 0 aromatic rings. The van der Waals surface area contributed by atoms with E-state index in [1.807, 2.05) is 13.8 Å². The van der Waals surface area contributed by atoms with Crippen molar-refractivity contribution in [2.45, 2.75) is 59.1 Å². The molecule has 0 fully saturated rings. The second-order valence-corrected chi connectivity index (χ2v) is 6.20. The monoisotopic (exact) mass is 213 g/mol. The Balaban J connectivity index is 4.25. The maximum Gasteiger partial charge on any atom is 0.0648 e. The summed E-state index contributed by atoms with van der Waals surface area (Å²) in [7, 11) is 0. The predicted molar refractivity (Wildman–Crippen MR) is 66.9 cm³/mol. The topological polar surface area (TPSA) is 35.2 Å². The summed E-state index contributed by atoms with van der Waals surface area (Å²) in [6, 6.07) is 0. The molecule has 0 spiro atoms. The number of hydrogen-bond donors (Lipinski definition) is 1. The predicted octanol–water partition coefficient (Wildman–Crippen LogP) is 3.12. The molecule has 1 unspecified atom stereocenters. The summed E-state index contributed by atoms with van der Waals surface area (Å²) < 4.78 is 5.75. The summed E-state index contributed by atoms with van der Waals surface area (Å²) in [5.74, 6) is 0. The van der Waals surface area contributed by atoms with Gasteiger partial charge in [-0.05, 0) is 32.1 Å². The van der Waals surface area contributed by atoms with E-state index in [0.29, 0.717) is 6.61 Å². The fraction of sp³-hybridized carbons (Fsp3) is 0.846. The van der Waals surface area contributed by atoms with Crippen molar-refractivity contribution in [2.24, 2.45) is 11.1 Å². The van der Waals surface area contributed by atoms with Crippen molar-refractivity contribution in [1.29, 1.82) is 0 Å². The van der Waals surface area contributed by atoms with Crippen LogP contribution in [-0.2, 0) is 4.74 Å². The van der Waals surface area contributed by atoms with Crippen LogP contribution in [0.3, 0.4) is 0 Å². The lowest BCUT2D eigenvalue weighted by Gasteiger charge is -2.30. The molecule has 0 bridgehead atoms. The van der Waals surface area contributed by atoms with Gasteiger partial charge in [-0.2, -0.15) is 0 Å². The third-order valence-corrected chi connectivity index (χ3v) is 2.04. The quantitative estimate of drug-likeness (QED) is 0.688. The molecule has 0 aromatic heterocycles. The molecule has 0 rings (SSSR count). The van der Waals surface area contributed by atoms with Crippen LogP contribution in [0.15, 0.2) is 12.7 Å². The third kappa shape index (κ3) is 9.95. The molecule has 0 aromatic carbocycles. The second kappa shape index (κ2) is 5.66. The van der Waals surface area contributed by atoms with E-state index in [1.165, 1.54) is 0 Å². The van der Waals surface area contributed by atoms with E-state index >= 15 is 0 Å². The fourth-order valence-electron chi connectivity index (χ4n) is 1.66. The maximum atomic E-state index is 6.02. The van der Waals surface area contributed by atoms with Crippen LogP contribution in [0, 0.1) is 5.41 Å². The Labute approximate surface area is 94.9 Å². The van der Waals surface area contributed by atoms with Crippen LogP contribution in [0.25, 0.3) is 0 Å². The average Bonchev–Trinajstić information content (AvgIpc) is 1.94. The zero-order valence-corrected chi connectivity index (χ0v) is 11.0. The summed E-state index contributed by atoms with van der Waals surface area (Å²) in [6.07, 6.45) is 3.93. The van der Waals surface area contributed by atoms with Gasteiger partial charge in [0, 0.05) is 5.54 Å². The van der Waals surface area contributed by atoms with Crippen molar-refractivity contribution in [3.05, 3.63) is 12.7 Å². The molecule has 1 atom stereocenters. The molecule has 0 aliphatic heterocycles. The standard InChI is InChI=1S/C13H27NO/c1-7-8-15-11(9-12(2,3)4)10-13(5,6)14/h7,11H,1,8-10,14H2,2-6H3. The van der Waals surface area contributed by atoms with Gasteiger partial charge in [-0.1, -0.05) is 26.8 Å². The maximum absolute atomic E-state index is 6.02. The first-order valence-electron chi connectivity index (χ1n) is 5.65. The number of rotatable bonds is 6. The summed E-state index contributed by atoms with van der Waals surface area (Å²) in [5.41, 5.74) is 6.13. The van der Waals surface area contributed by atoms with Gasteiger partial charge >= 0.3 is 0 Å². The Morgan fingerprint density at radius 2 is 1.73 bits per heavy atom. The molecule has 2 nitrogen and oxygen atoms in total. The van der Waals surface area contributed by atoms with Crippen molar-refractivity contribution in [2.75, 3.05) is 6.61 Å². The van der Waals surface area contributed by atoms with E-state index in [2.05, 4.69) is 27.4 Å². The Hall–Kier alpha value is -0.340. The highest BCUT2D eigenvalue weighted by molar-refractivity contribution is 4.81. The Morgan fingerprint density at radius 3 is 2.07 bits per heavy atom. The first-order chi connectivity index (χ1) is 6.64. The van der Waals surface area contributed by atoms with Crippen LogP contribution >= 0.6 is 0 Å². The van der Waals surface area contributed by atoms with Gasteiger partial charge < -0.3 is 10.5 Å². The smallest absolute Gasteiger partial charge is 0.0648 e. The second-order valence-electron chi connectivity index (χ2n) is 6.20. The molecular weight excluding hydrogens is 186 g/mol. The lowest BCUT2D eigenvalue weighted by atomic mass is 9.85. The summed E-state index contributed by atoms with van der Waals surface area (Å²) >= 11 is 0. The van der Waals surface area contributed by atoms with Crippen LogP contribution in [0.2, 0.25) is 0 Å². The lowest BCUT2D eigenvalue weighted by molar-refractivity contribution is 0.0255. The van der Waals surface area contributed by atoms with Crippen LogP contribution in [0.4, 0.5) is 0 Å². The minimum Gasteiger partial charge on any atom is -0.374 e. The van der Waals surface area contributed by atoms with E-state index < -0.39 is 0 Å². The lowest BCUT2D eigenvalue weighted by Crippen LogP contribution is -2.38. The summed E-state index contributed by atoms with van der Waals surface area (Å²) in [4.78, 5) is 0. The molecule has 0 radical (unpaired) electrons. The van der Waals surface area contributed by atoms with Crippen molar-refractivity contribution >= 4 is 0 Å². The number of ether oxygens (including phenoxy) is 1. The normalized spacial score (nSPS) is 15.1. The van der Waals surface area contributed by atoms with Crippen LogP contribution in [-0.4, -0.2) is 18.2 Å². The summed E-state index contributed by atoms with van der Waals surface area (Å²) in [6.45, 7) is 15.0. The Bertz CT molecular complexity index is 170. The Morgan fingerprint density at radius 1 is 1.20 bits per heavy atom. The summed E-state index contributed by atoms with van der Waals surface area (Å²) in [5, 5.41) is 0. The van der Waals surface area contributed by atoms with E-state index in [0.717, 1.165) is 12.8 Å². The molecule has 90 valence electrons. The molecule has 0 amide bonds. The first kappa shape index (κ1) is 14.7. The van der Waals surface area contributed by atoms with E-state index in [-0.39, 0.29) is 17.1 Å². The molecule has 0 saturated carbocycles. The van der Waals surface area contributed by atoms with Gasteiger partial charge in [-0.15, -0.1) is 6.58 Å². The van der Waals surface area contributed by atoms with Crippen LogP contribution in [0.5, 0.6) is 0 Å². The zero-order chi connectivity index (χ0) is 12.1. The van der Waals surface area contributed by atoms with Gasteiger partial charge in [0.15, 0.2) is 0 Å². The molecule has 0 heterocycles. The minimum absolute atomic E-state index is 0.170. The highest BCUT2D eigenvalue weighted by Crippen LogP contribution is 2.26. The van der Waals surface area contributed by atoms with Crippen LogP contribution in [0.1, 0.15) is 47.5 Å². The van der Waals surface area contributed by atoms with Crippen LogP contribution < -0.4 is 5.73 Å². The van der Waals surface area contributed by atoms with Crippen molar-refractivity contribution in [1.82, 2.24) is 0 Å².